The Morgan fingerprint density at radius 2 is 1.77 bits per heavy atom. The molecule has 2 atom stereocenters. The first-order valence-corrected chi connectivity index (χ1v) is 11.9. The van der Waals surface area contributed by atoms with Crippen molar-refractivity contribution in [2.24, 2.45) is 5.92 Å². The predicted molar refractivity (Wildman–Crippen MR) is 132 cm³/mol. The van der Waals surface area contributed by atoms with Gasteiger partial charge in [-0.05, 0) is 73.4 Å². The molecular formula is C28H25FN4O2. The predicted octanol–water partition coefficient (Wildman–Crippen LogP) is 4.85. The molecule has 1 aromatic heterocycles. The summed E-state index contributed by atoms with van der Waals surface area (Å²) in [5.74, 6) is -0.208. The molecule has 1 saturated heterocycles. The summed E-state index contributed by atoms with van der Waals surface area (Å²) >= 11 is 0. The topological polar surface area (TPSA) is 67.2 Å². The minimum Gasteiger partial charge on any atom is -0.350 e. The highest BCUT2D eigenvalue weighted by Crippen LogP contribution is 2.40. The van der Waals surface area contributed by atoms with E-state index in [1.54, 1.807) is 23.0 Å². The fraction of sp³-hybridized carbons (Fsp3) is 0.250. The quantitative estimate of drug-likeness (QED) is 0.456. The standard InChI is InChI=1S/C28H25FN4O2/c1-17-4-2-3-5-23(17)27-24(31-28(35)18-6-7-18)15-26(34)32(27)22-12-13-25-19(14-22)16-30-33(25)21-10-8-20(29)9-11-21/h2-5,8-14,16,18,24,27H,6-7,15H2,1H3,(H,31,35)/t24-,27?/m1/s1. The van der Waals surface area contributed by atoms with Crippen molar-refractivity contribution in [3.05, 3.63) is 89.9 Å². The van der Waals surface area contributed by atoms with Crippen LogP contribution in [0.4, 0.5) is 10.1 Å². The molecule has 0 bridgehead atoms. The van der Waals surface area contributed by atoms with E-state index in [9.17, 15) is 14.0 Å². The monoisotopic (exact) mass is 468 g/mol. The van der Waals surface area contributed by atoms with Gasteiger partial charge in [0.1, 0.15) is 5.82 Å². The number of aromatic nitrogens is 2. The van der Waals surface area contributed by atoms with Gasteiger partial charge in [0, 0.05) is 23.4 Å². The van der Waals surface area contributed by atoms with Crippen LogP contribution in [0.2, 0.25) is 0 Å². The van der Waals surface area contributed by atoms with Crippen molar-refractivity contribution in [2.75, 3.05) is 4.90 Å². The normalized spacial score (nSPS) is 19.9. The van der Waals surface area contributed by atoms with Gasteiger partial charge in [-0.15, -0.1) is 0 Å². The van der Waals surface area contributed by atoms with Crippen LogP contribution < -0.4 is 10.2 Å². The summed E-state index contributed by atoms with van der Waals surface area (Å²) in [5, 5.41) is 8.52. The third kappa shape index (κ3) is 3.87. The molecule has 3 aromatic carbocycles. The van der Waals surface area contributed by atoms with Crippen molar-refractivity contribution in [2.45, 2.75) is 38.3 Å². The van der Waals surface area contributed by atoms with Gasteiger partial charge in [0.15, 0.2) is 0 Å². The summed E-state index contributed by atoms with van der Waals surface area (Å²) in [7, 11) is 0. The number of halogens is 1. The number of hydrogen-bond acceptors (Lipinski definition) is 3. The van der Waals surface area contributed by atoms with E-state index in [1.807, 2.05) is 54.3 Å². The van der Waals surface area contributed by atoms with Crippen molar-refractivity contribution in [3.63, 3.8) is 0 Å². The van der Waals surface area contributed by atoms with Crippen LogP contribution in [-0.4, -0.2) is 27.6 Å². The van der Waals surface area contributed by atoms with E-state index in [2.05, 4.69) is 10.4 Å². The van der Waals surface area contributed by atoms with E-state index in [0.29, 0.717) is 0 Å². The Morgan fingerprint density at radius 1 is 1.03 bits per heavy atom. The molecule has 2 amide bonds. The van der Waals surface area contributed by atoms with Crippen LogP contribution in [0.5, 0.6) is 0 Å². The van der Waals surface area contributed by atoms with Crippen molar-refractivity contribution in [1.29, 1.82) is 0 Å². The third-order valence-corrected chi connectivity index (χ3v) is 7.01. The van der Waals surface area contributed by atoms with Crippen LogP contribution in [0, 0.1) is 18.7 Å². The average Bonchev–Trinajstić information content (AvgIpc) is 3.55. The first kappa shape index (κ1) is 21.5. The highest BCUT2D eigenvalue weighted by Gasteiger charge is 2.44. The number of rotatable bonds is 5. The highest BCUT2D eigenvalue weighted by atomic mass is 19.1. The Labute approximate surface area is 202 Å². The Morgan fingerprint density at radius 3 is 2.51 bits per heavy atom. The van der Waals surface area contributed by atoms with Gasteiger partial charge >= 0.3 is 0 Å². The maximum atomic E-state index is 13.4. The van der Waals surface area contributed by atoms with Crippen molar-refractivity contribution in [1.82, 2.24) is 15.1 Å². The first-order valence-electron chi connectivity index (χ1n) is 11.9. The molecule has 35 heavy (non-hydrogen) atoms. The van der Waals surface area contributed by atoms with Gasteiger partial charge < -0.3 is 10.2 Å². The zero-order valence-electron chi connectivity index (χ0n) is 19.3. The number of aryl methyl sites for hydroxylation is 1. The summed E-state index contributed by atoms with van der Waals surface area (Å²) in [5.41, 5.74) is 4.48. The molecule has 2 fully saturated rings. The van der Waals surface area contributed by atoms with Crippen LogP contribution in [0.1, 0.15) is 36.4 Å². The van der Waals surface area contributed by atoms with Crippen molar-refractivity contribution < 1.29 is 14.0 Å². The number of fused-ring (bicyclic) bond motifs is 1. The second-order valence-electron chi connectivity index (χ2n) is 9.43. The molecule has 4 aromatic rings. The van der Waals surface area contributed by atoms with Gasteiger partial charge in [0.05, 0.1) is 29.5 Å². The Hall–Kier alpha value is -4.00. The molecule has 1 aliphatic heterocycles. The third-order valence-electron chi connectivity index (χ3n) is 7.01. The number of nitrogens with zero attached hydrogens (tertiary/aromatic N) is 3. The summed E-state index contributed by atoms with van der Waals surface area (Å²) in [6, 6.07) is 19.4. The summed E-state index contributed by atoms with van der Waals surface area (Å²) in [6.45, 7) is 2.03. The van der Waals surface area contributed by atoms with Crippen LogP contribution in [0.3, 0.4) is 0 Å². The second-order valence-corrected chi connectivity index (χ2v) is 9.43. The van der Waals surface area contributed by atoms with Crippen molar-refractivity contribution in [3.8, 4) is 5.69 Å². The van der Waals surface area contributed by atoms with Gasteiger partial charge in [0.25, 0.3) is 0 Å². The minimum absolute atomic E-state index is 0.0235. The zero-order chi connectivity index (χ0) is 24.1. The Bertz CT molecular complexity index is 1440. The molecule has 2 aliphatic rings. The maximum absolute atomic E-state index is 13.4. The number of carbonyl (C=O) groups is 2. The molecule has 1 unspecified atom stereocenters. The largest absolute Gasteiger partial charge is 0.350 e. The lowest BCUT2D eigenvalue weighted by atomic mass is 9.95. The number of benzene rings is 3. The molecule has 1 saturated carbocycles. The Balaban J connectivity index is 1.39. The van der Waals surface area contributed by atoms with Crippen LogP contribution in [-0.2, 0) is 9.59 Å². The lowest BCUT2D eigenvalue weighted by molar-refractivity contribution is -0.123. The molecule has 1 aliphatic carbocycles. The van der Waals surface area contributed by atoms with Crippen molar-refractivity contribution >= 4 is 28.4 Å². The summed E-state index contributed by atoms with van der Waals surface area (Å²) < 4.78 is 15.1. The maximum Gasteiger partial charge on any atom is 0.229 e. The first-order chi connectivity index (χ1) is 17.0. The molecule has 6 nitrogen and oxygen atoms in total. The molecule has 7 heteroatoms. The van der Waals surface area contributed by atoms with E-state index in [0.717, 1.165) is 46.2 Å². The number of anilines is 1. The van der Waals surface area contributed by atoms with Gasteiger partial charge in [-0.25, -0.2) is 9.07 Å². The molecular weight excluding hydrogens is 443 g/mol. The van der Waals surface area contributed by atoms with E-state index in [-0.39, 0.29) is 42.1 Å². The highest BCUT2D eigenvalue weighted by molar-refractivity contribution is 6.00. The van der Waals surface area contributed by atoms with E-state index in [4.69, 9.17) is 0 Å². The molecule has 176 valence electrons. The molecule has 2 heterocycles. The fourth-order valence-electron chi connectivity index (χ4n) is 5.05. The van der Waals surface area contributed by atoms with Crippen LogP contribution in [0.25, 0.3) is 16.6 Å². The summed E-state index contributed by atoms with van der Waals surface area (Å²) in [4.78, 5) is 27.8. The molecule has 1 N–H and O–H groups in total. The average molecular weight is 469 g/mol. The number of nitrogens with one attached hydrogen (secondary N) is 1. The number of amides is 2. The molecule has 0 radical (unpaired) electrons. The SMILES string of the molecule is Cc1ccccc1C1[C@H](NC(=O)C2CC2)CC(=O)N1c1ccc2c(cnn2-c2ccc(F)cc2)c1. The lowest BCUT2D eigenvalue weighted by Gasteiger charge is -2.30. The molecule has 6 rings (SSSR count). The van der Waals surface area contributed by atoms with Gasteiger partial charge in [-0.3, -0.25) is 9.59 Å². The number of carbonyl (C=O) groups excluding carboxylic acids is 2. The van der Waals surface area contributed by atoms with Gasteiger partial charge in [-0.2, -0.15) is 5.10 Å². The van der Waals surface area contributed by atoms with E-state index in [1.165, 1.54) is 12.1 Å². The lowest BCUT2D eigenvalue weighted by Crippen LogP contribution is -2.40. The van der Waals surface area contributed by atoms with E-state index < -0.39 is 0 Å². The molecule has 0 spiro atoms. The Kier molecular flexibility index (Phi) is 5.13. The van der Waals surface area contributed by atoms with E-state index >= 15 is 0 Å². The number of hydrogen-bond donors (Lipinski definition) is 1. The zero-order valence-corrected chi connectivity index (χ0v) is 19.3. The smallest absolute Gasteiger partial charge is 0.229 e. The minimum atomic E-state index is -0.300. The van der Waals surface area contributed by atoms with Crippen LogP contribution >= 0.6 is 0 Å². The fourth-order valence-corrected chi connectivity index (χ4v) is 5.05. The second kappa shape index (κ2) is 8.34. The summed E-state index contributed by atoms with van der Waals surface area (Å²) in [6.07, 6.45) is 3.84. The van der Waals surface area contributed by atoms with Gasteiger partial charge in [0.2, 0.25) is 11.8 Å². The van der Waals surface area contributed by atoms with Crippen LogP contribution in [0.15, 0.2) is 72.9 Å². The van der Waals surface area contributed by atoms with Gasteiger partial charge in [-0.1, -0.05) is 24.3 Å².